The van der Waals surface area contributed by atoms with E-state index in [9.17, 15) is 0 Å². The van der Waals surface area contributed by atoms with Crippen LogP contribution < -0.4 is 0 Å². The van der Waals surface area contributed by atoms with Crippen molar-refractivity contribution in [3.05, 3.63) is 0 Å². The van der Waals surface area contributed by atoms with Crippen molar-refractivity contribution in [3.63, 3.8) is 0 Å². The van der Waals surface area contributed by atoms with E-state index >= 15 is 0 Å². The molecule has 0 spiro atoms. The minimum atomic E-state index is 0. The number of halogens is 3. The van der Waals surface area contributed by atoms with Crippen LogP contribution in [0, 0.1) is 0 Å². The van der Waals surface area contributed by atoms with E-state index in [0.717, 1.165) is 0 Å². The molecule has 0 aliphatic heterocycles. The molecule has 0 unspecified atom stereocenters. The summed E-state index contributed by atoms with van der Waals surface area (Å²) < 4.78 is 0. The van der Waals surface area contributed by atoms with Crippen LogP contribution in [0.2, 0.25) is 0 Å². The van der Waals surface area contributed by atoms with Crippen LogP contribution >= 0.6 is 71.9 Å². The van der Waals surface area contributed by atoms with Crippen molar-refractivity contribution in [3.8, 4) is 0 Å². The van der Waals surface area contributed by atoms with Gasteiger partial charge in [-0.1, -0.05) is 0 Å². The summed E-state index contributed by atoms with van der Waals surface area (Å²) in [7, 11) is 0. The van der Waals surface area contributed by atoms with E-state index in [2.05, 4.69) is 0 Å². The average molecular weight is 633 g/mol. The molecule has 0 bridgehead atoms. The van der Waals surface area contributed by atoms with Gasteiger partial charge in [-0.05, 0) is 0 Å². The first-order valence-electron chi connectivity index (χ1n) is 0. The molecule has 6 heteroatoms. The minimum Gasteiger partial charge on any atom is 0 e. The molecule has 0 fully saturated rings. The summed E-state index contributed by atoms with van der Waals surface area (Å²) in [6.45, 7) is 0. The number of rotatable bonds is 0. The quantitative estimate of drug-likeness (QED) is 0.285. The van der Waals surface area contributed by atoms with Gasteiger partial charge in [0, 0.05) is 133 Å². The first kappa shape index (κ1) is 49.3. The molecule has 0 saturated carbocycles. The van der Waals surface area contributed by atoms with Gasteiger partial charge in [-0.25, -0.2) is 0 Å². The van der Waals surface area contributed by atoms with Crippen molar-refractivity contribution in [2.75, 3.05) is 0 Å². The fraction of sp³-hybridized carbons (Fsp3) is 0. The Morgan fingerprint density at radius 1 is 0.667 bits per heavy atom. The SMILES string of the molecule is [I].[I].[I].[Rh].[Ru].[Ti]. The molecule has 0 aromatic carbocycles. The fourth-order valence-corrected chi connectivity index (χ4v) is 0. The van der Waals surface area contributed by atoms with Crippen molar-refractivity contribution < 1.29 is 60.7 Å². The summed E-state index contributed by atoms with van der Waals surface area (Å²) in [6.07, 6.45) is 0. The Morgan fingerprint density at radius 3 is 0.667 bits per heavy atom. The van der Waals surface area contributed by atoms with Gasteiger partial charge >= 0.3 is 0 Å². The van der Waals surface area contributed by atoms with E-state index in [1.807, 2.05) is 0 Å². The Bertz CT molecular complexity index is 10.8. The topological polar surface area (TPSA) is 0 Å². The van der Waals surface area contributed by atoms with Gasteiger partial charge in [-0.2, -0.15) is 0 Å². The second-order valence-electron chi connectivity index (χ2n) is 0. The maximum Gasteiger partial charge on any atom is 0 e. The van der Waals surface area contributed by atoms with Gasteiger partial charge < -0.3 is 0 Å². The third-order valence-electron chi connectivity index (χ3n) is 0. The summed E-state index contributed by atoms with van der Waals surface area (Å²) in [4.78, 5) is 0. The Hall–Kier alpha value is 4.15. The summed E-state index contributed by atoms with van der Waals surface area (Å²) in [5, 5.41) is 0. The maximum absolute atomic E-state index is 0. The molecule has 42 valence electrons. The minimum absolute atomic E-state index is 0. The van der Waals surface area contributed by atoms with Crippen LogP contribution in [-0.4, -0.2) is 0 Å². The molecular weight excluding hydrogens is 633 g/mol. The van der Waals surface area contributed by atoms with Crippen molar-refractivity contribution in [2.45, 2.75) is 0 Å². The normalized spacial score (nSPS) is 0. The first-order valence-corrected chi connectivity index (χ1v) is 0. The summed E-state index contributed by atoms with van der Waals surface area (Å²) in [6, 6.07) is 0. The van der Waals surface area contributed by atoms with Gasteiger partial charge in [0.2, 0.25) is 0 Å². The predicted molar refractivity (Wildman–Crippen MR) is 42.1 cm³/mol. The molecule has 0 aliphatic rings. The van der Waals surface area contributed by atoms with Crippen LogP contribution in [0.4, 0.5) is 0 Å². The Labute approximate surface area is 130 Å². The van der Waals surface area contributed by atoms with Crippen LogP contribution in [0.5, 0.6) is 0 Å². The van der Waals surface area contributed by atoms with Crippen molar-refractivity contribution in [1.29, 1.82) is 0 Å². The largest absolute Gasteiger partial charge is 0 e. The van der Waals surface area contributed by atoms with Gasteiger partial charge in [0.05, 0.1) is 0 Å². The van der Waals surface area contributed by atoms with Gasteiger partial charge in [-0.15, -0.1) is 0 Å². The molecule has 0 atom stereocenters. The molecule has 0 aromatic heterocycles. The monoisotopic (exact) mass is 633 g/mol. The molecule has 4 radical (unpaired) electrons. The van der Waals surface area contributed by atoms with Crippen molar-refractivity contribution >= 4 is 71.9 Å². The molecule has 0 saturated heterocycles. The van der Waals surface area contributed by atoms with E-state index in [4.69, 9.17) is 0 Å². The molecule has 0 heterocycles. The van der Waals surface area contributed by atoms with Gasteiger partial charge in [0.15, 0.2) is 0 Å². The summed E-state index contributed by atoms with van der Waals surface area (Å²) in [5.74, 6) is 0. The Morgan fingerprint density at radius 2 is 0.667 bits per heavy atom. The standard InChI is InChI=1S/3I.Rh.Ru.Ti. The smallest absolute Gasteiger partial charge is 0 e. The third kappa shape index (κ3) is 24.2. The zero-order chi connectivity index (χ0) is 0. The molecule has 0 nitrogen and oxygen atoms in total. The zero-order valence-electron chi connectivity index (χ0n) is 2.32. The first-order chi connectivity index (χ1) is 0. The van der Waals surface area contributed by atoms with Gasteiger partial charge in [0.1, 0.15) is 0 Å². The molecule has 0 amide bonds. The molecular formula is I3RhRuTi. The molecule has 6 heavy (non-hydrogen) atoms. The summed E-state index contributed by atoms with van der Waals surface area (Å²) in [5.41, 5.74) is 0. The van der Waals surface area contributed by atoms with Crippen LogP contribution in [0.3, 0.4) is 0 Å². The van der Waals surface area contributed by atoms with Crippen molar-refractivity contribution in [2.24, 2.45) is 0 Å². The van der Waals surface area contributed by atoms with Crippen molar-refractivity contribution in [1.82, 2.24) is 0 Å². The number of hydrogen-bond donors (Lipinski definition) is 0. The van der Waals surface area contributed by atoms with Crippen LogP contribution in [0.25, 0.3) is 0 Å². The van der Waals surface area contributed by atoms with E-state index in [1.165, 1.54) is 0 Å². The molecule has 0 aliphatic carbocycles. The zero-order valence-corrected chi connectivity index (χ0v) is 13.7. The Balaban J connectivity index is 0. The fourth-order valence-electron chi connectivity index (χ4n) is 0. The summed E-state index contributed by atoms with van der Waals surface area (Å²) >= 11 is 0. The molecule has 0 rings (SSSR count). The van der Waals surface area contributed by atoms with Gasteiger partial charge in [-0.3, -0.25) is 0 Å². The van der Waals surface area contributed by atoms with E-state index in [0.29, 0.717) is 0 Å². The molecule has 0 aromatic rings. The third-order valence-corrected chi connectivity index (χ3v) is 0. The Kier molecular flexibility index (Phi) is 290. The second kappa shape index (κ2) is 35.3. The van der Waals surface area contributed by atoms with Gasteiger partial charge in [0.25, 0.3) is 0 Å². The van der Waals surface area contributed by atoms with Crippen LogP contribution in [0.15, 0.2) is 0 Å². The average Bonchev–Trinajstić information content (AvgIpc) is 0. The maximum atomic E-state index is 0. The predicted octanol–water partition coefficient (Wildman–Crippen LogP) is 2.65. The second-order valence-corrected chi connectivity index (χ2v) is 0. The number of hydrogen-bond acceptors (Lipinski definition) is 0. The van der Waals surface area contributed by atoms with E-state index in [-0.39, 0.29) is 133 Å². The van der Waals surface area contributed by atoms with Crippen LogP contribution in [-0.2, 0) is 60.7 Å². The van der Waals surface area contributed by atoms with E-state index < -0.39 is 0 Å². The van der Waals surface area contributed by atoms with E-state index in [1.54, 1.807) is 0 Å². The van der Waals surface area contributed by atoms with Crippen LogP contribution in [0.1, 0.15) is 0 Å². The molecule has 0 N–H and O–H groups in total.